The Kier molecular flexibility index (Phi) is 3.26. The molecule has 2 rings (SSSR count). The Morgan fingerprint density at radius 2 is 2.29 bits per heavy atom. The third-order valence-electron chi connectivity index (χ3n) is 2.70. The van der Waals surface area contributed by atoms with Crippen LogP contribution in [0.5, 0.6) is 0 Å². The lowest BCUT2D eigenvalue weighted by molar-refractivity contribution is -0.136. The first-order valence-corrected chi connectivity index (χ1v) is 5.90. The first kappa shape index (κ1) is 11.8. The van der Waals surface area contributed by atoms with Crippen molar-refractivity contribution in [3.8, 4) is 0 Å². The van der Waals surface area contributed by atoms with Crippen molar-refractivity contribution in [2.75, 3.05) is 5.32 Å². The number of hydrogen-bond donors (Lipinski definition) is 2. The van der Waals surface area contributed by atoms with Crippen LogP contribution in [0.15, 0.2) is 6.20 Å². The van der Waals surface area contributed by atoms with Crippen LogP contribution in [0.25, 0.3) is 0 Å². The van der Waals surface area contributed by atoms with Gasteiger partial charge in [0.25, 0.3) is 0 Å². The highest BCUT2D eigenvalue weighted by atomic mass is 16.4. The predicted octanol–water partition coefficient (Wildman–Crippen LogP) is 1.80. The number of nitrogens with zero attached hydrogens (tertiary/aromatic N) is 2. The molecular weight excluding hydrogens is 218 g/mol. The molecule has 17 heavy (non-hydrogen) atoms. The molecule has 0 saturated heterocycles. The summed E-state index contributed by atoms with van der Waals surface area (Å²) >= 11 is 0. The third-order valence-corrected chi connectivity index (χ3v) is 2.70. The van der Waals surface area contributed by atoms with Crippen LogP contribution in [0.2, 0.25) is 0 Å². The van der Waals surface area contributed by atoms with Crippen molar-refractivity contribution in [3.05, 3.63) is 17.5 Å². The second-order valence-corrected chi connectivity index (χ2v) is 4.75. The summed E-state index contributed by atoms with van der Waals surface area (Å²) in [6.07, 6.45) is 3.94. The highest BCUT2D eigenvalue weighted by Gasteiger charge is 2.22. The molecule has 2 N–H and O–H groups in total. The Morgan fingerprint density at radius 3 is 2.82 bits per heavy atom. The fraction of sp³-hybridized carbons (Fsp3) is 0.583. The van der Waals surface area contributed by atoms with E-state index in [1.165, 1.54) is 0 Å². The second-order valence-electron chi connectivity index (χ2n) is 4.75. The van der Waals surface area contributed by atoms with Gasteiger partial charge in [0, 0.05) is 17.8 Å². The number of anilines is 1. The van der Waals surface area contributed by atoms with E-state index in [1.807, 2.05) is 13.8 Å². The average molecular weight is 235 g/mol. The lowest BCUT2D eigenvalue weighted by Crippen LogP contribution is -2.12. The van der Waals surface area contributed by atoms with E-state index < -0.39 is 5.97 Å². The fourth-order valence-electron chi connectivity index (χ4n) is 1.70. The second kappa shape index (κ2) is 4.69. The number of aromatic nitrogens is 2. The van der Waals surface area contributed by atoms with Crippen molar-refractivity contribution < 1.29 is 9.90 Å². The number of nitrogens with one attached hydrogen (secondary N) is 1. The molecule has 0 aliphatic heterocycles. The number of aliphatic carboxylic acids is 1. The van der Waals surface area contributed by atoms with Gasteiger partial charge in [0.15, 0.2) is 0 Å². The van der Waals surface area contributed by atoms with Crippen molar-refractivity contribution in [3.63, 3.8) is 0 Å². The van der Waals surface area contributed by atoms with Gasteiger partial charge in [-0.15, -0.1) is 0 Å². The van der Waals surface area contributed by atoms with Gasteiger partial charge in [-0.1, -0.05) is 13.8 Å². The minimum atomic E-state index is -0.849. The summed E-state index contributed by atoms with van der Waals surface area (Å²) in [4.78, 5) is 19.3. The molecule has 1 aromatic heterocycles. The van der Waals surface area contributed by atoms with Crippen LogP contribution in [0.1, 0.15) is 43.9 Å². The Hall–Kier alpha value is -1.65. The van der Waals surface area contributed by atoms with E-state index in [9.17, 15) is 4.79 Å². The first-order valence-electron chi connectivity index (χ1n) is 5.90. The number of hydrogen-bond acceptors (Lipinski definition) is 4. The van der Waals surface area contributed by atoms with Crippen LogP contribution in [0.3, 0.4) is 0 Å². The molecule has 1 saturated carbocycles. The molecule has 0 radical (unpaired) electrons. The molecule has 0 amide bonds. The van der Waals surface area contributed by atoms with Gasteiger partial charge in [0.05, 0.1) is 12.1 Å². The number of carboxylic acids is 1. The summed E-state index contributed by atoms with van der Waals surface area (Å²) in [5, 5.41) is 12.0. The molecule has 0 spiro atoms. The Morgan fingerprint density at radius 1 is 1.59 bits per heavy atom. The molecule has 1 heterocycles. The molecular formula is C12H17N3O2. The lowest BCUT2D eigenvalue weighted by Gasteiger charge is -2.12. The summed E-state index contributed by atoms with van der Waals surface area (Å²) in [7, 11) is 0. The maximum Gasteiger partial charge on any atom is 0.307 e. The molecule has 0 atom stereocenters. The highest BCUT2D eigenvalue weighted by Crippen LogP contribution is 2.24. The summed E-state index contributed by atoms with van der Waals surface area (Å²) < 4.78 is 0. The fourth-order valence-corrected chi connectivity index (χ4v) is 1.70. The van der Waals surface area contributed by atoms with Crippen molar-refractivity contribution >= 4 is 11.9 Å². The Bertz CT molecular complexity index is 428. The van der Waals surface area contributed by atoms with E-state index in [4.69, 9.17) is 5.11 Å². The molecule has 1 aromatic rings. The van der Waals surface area contributed by atoms with E-state index in [0.717, 1.165) is 18.5 Å². The number of carboxylic acid groups (broad SMARTS) is 1. The van der Waals surface area contributed by atoms with Crippen LogP contribution < -0.4 is 5.32 Å². The maximum atomic E-state index is 10.7. The van der Waals surface area contributed by atoms with Crippen molar-refractivity contribution in [2.45, 2.75) is 45.1 Å². The van der Waals surface area contributed by atoms with Gasteiger partial charge in [0.1, 0.15) is 0 Å². The molecule has 0 aromatic carbocycles. The summed E-state index contributed by atoms with van der Waals surface area (Å²) in [5.41, 5.74) is 1.53. The van der Waals surface area contributed by atoms with Crippen LogP contribution in [-0.2, 0) is 11.2 Å². The van der Waals surface area contributed by atoms with Crippen LogP contribution in [0.4, 0.5) is 5.95 Å². The van der Waals surface area contributed by atoms with Crippen LogP contribution >= 0.6 is 0 Å². The van der Waals surface area contributed by atoms with Gasteiger partial charge in [-0.25, -0.2) is 9.97 Å². The molecule has 5 heteroatoms. The van der Waals surface area contributed by atoms with E-state index in [-0.39, 0.29) is 12.3 Å². The largest absolute Gasteiger partial charge is 0.481 e. The minimum Gasteiger partial charge on any atom is -0.481 e. The van der Waals surface area contributed by atoms with E-state index in [2.05, 4.69) is 15.3 Å². The average Bonchev–Trinajstić information content (AvgIpc) is 3.03. The number of rotatable bonds is 5. The SMILES string of the molecule is CC(C)c1nc(NC2CC2)ncc1CC(=O)O. The molecule has 0 bridgehead atoms. The van der Waals surface area contributed by atoms with Gasteiger partial charge in [-0.2, -0.15) is 0 Å². The normalized spacial score (nSPS) is 15.0. The van der Waals surface area contributed by atoms with Crippen LogP contribution in [0, 0.1) is 0 Å². The molecule has 1 fully saturated rings. The van der Waals surface area contributed by atoms with Crippen molar-refractivity contribution in [2.24, 2.45) is 0 Å². The van der Waals surface area contributed by atoms with Crippen molar-refractivity contribution in [1.82, 2.24) is 9.97 Å². The van der Waals surface area contributed by atoms with Crippen molar-refractivity contribution in [1.29, 1.82) is 0 Å². The lowest BCUT2D eigenvalue weighted by atomic mass is 10.0. The van der Waals surface area contributed by atoms with E-state index in [1.54, 1.807) is 6.20 Å². The van der Waals surface area contributed by atoms with Gasteiger partial charge >= 0.3 is 5.97 Å². The Labute approximate surface area is 100 Å². The molecule has 1 aliphatic rings. The van der Waals surface area contributed by atoms with Gasteiger partial charge in [0.2, 0.25) is 5.95 Å². The minimum absolute atomic E-state index is 0.0166. The Balaban J connectivity index is 2.22. The third kappa shape index (κ3) is 3.15. The maximum absolute atomic E-state index is 10.7. The molecule has 0 unspecified atom stereocenters. The van der Waals surface area contributed by atoms with Crippen LogP contribution in [-0.4, -0.2) is 27.1 Å². The highest BCUT2D eigenvalue weighted by molar-refractivity contribution is 5.70. The van der Waals surface area contributed by atoms with Gasteiger partial charge in [-0.3, -0.25) is 4.79 Å². The zero-order chi connectivity index (χ0) is 12.4. The summed E-state index contributed by atoms with van der Waals surface area (Å²) in [5.74, 6) is -0.0316. The molecule has 1 aliphatic carbocycles. The topological polar surface area (TPSA) is 75.1 Å². The van der Waals surface area contributed by atoms with Gasteiger partial charge < -0.3 is 10.4 Å². The first-order chi connectivity index (χ1) is 8.06. The van der Waals surface area contributed by atoms with E-state index in [0.29, 0.717) is 17.6 Å². The smallest absolute Gasteiger partial charge is 0.307 e. The zero-order valence-corrected chi connectivity index (χ0v) is 10.1. The quantitative estimate of drug-likeness (QED) is 0.814. The van der Waals surface area contributed by atoms with Gasteiger partial charge in [-0.05, 0) is 18.8 Å². The number of carbonyl (C=O) groups is 1. The molecule has 5 nitrogen and oxygen atoms in total. The standard InChI is InChI=1S/C12H17N3O2/c1-7(2)11-8(5-10(16)17)6-13-12(15-11)14-9-3-4-9/h6-7,9H,3-5H2,1-2H3,(H,16,17)(H,13,14,15). The monoisotopic (exact) mass is 235 g/mol. The van der Waals surface area contributed by atoms with E-state index >= 15 is 0 Å². The zero-order valence-electron chi connectivity index (χ0n) is 10.1. The summed E-state index contributed by atoms with van der Waals surface area (Å²) in [6, 6.07) is 0.500. The predicted molar refractivity (Wildman–Crippen MR) is 64.1 cm³/mol. The summed E-state index contributed by atoms with van der Waals surface area (Å²) in [6.45, 7) is 4.02. The molecule has 92 valence electrons.